The Bertz CT molecular complexity index is 137. The summed E-state index contributed by atoms with van der Waals surface area (Å²) in [6.07, 6.45) is 4.74. The number of hydrogen-bond donors (Lipinski definition) is 0. The summed E-state index contributed by atoms with van der Waals surface area (Å²) in [6.45, 7) is 2.05. The summed E-state index contributed by atoms with van der Waals surface area (Å²) in [5, 5.41) is 4.49. The van der Waals surface area contributed by atoms with E-state index in [0.717, 1.165) is 12.8 Å². The molecule has 1 aliphatic carbocycles. The molecular weight excluding hydrogens is 132 g/mol. The van der Waals surface area contributed by atoms with Crippen LogP contribution in [0.1, 0.15) is 32.6 Å². The van der Waals surface area contributed by atoms with Crippen LogP contribution in [0.4, 0.5) is 0 Å². The quantitative estimate of drug-likeness (QED) is 0.483. The van der Waals surface area contributed by atoms with E-state index < -0.39 is 0 Å². The van der Waals surface area contributed by atoms with Gasteiger partial charge in [-0.05, 0) is 19.8 Å². The molecule has 1 saturated heterocycles. The Labute approximate surface area is 60.1 Å². The summed E-state index contributed by atoms with van der Waals surface area (Å²) in [7, 11) is 0. The Hall–Kier alpha value is -0.120. The minimum absolute atomic E-state index is 0.155. The Morgan fingerprint density at radius 2 is 2.30 bits per heavy atom. The van der Waals surface area contributed by atoms with Gasteiger partial charge >= 0.3 is 0 Å². The van der Waals surface area contributed by atoms with E-state index in [1.54, 1.807) is 0 Å². The van der Waals surface area contributed by atoms with E-state index in [-0.39, 0.29) is 11.7 Å². The van der Waals surface area contributed by atoms with Gasteiger partial charge in [0.2, 0.25) is 0 Å². The second-order valence-corrected chi connectivity index (χ2v) is 3.29. The van der Waals surface area contributed by atoms with Crippen molar-refractivity contribution in [3.63, 3.8) is 0 Å². The fraction of sp³-hybridized carbons (Fsp3) is 1.00. The van der Waals surface area contributed by atoms with E-state index >= 15 is 0 Å². The van der Waals surface area contributed by atoms with Crippen molar-refractivity contribution in [1.82, 2.24) is 0 Å². The largest absolute Gasteiger partial charge is 0.200 e. The molecule has 0 amide bonds. The number of fused-ring (bicyclic) bond motifs is 1. The van der Waals surface area contributed by atoms with Crippen molar-refractivity contribution in [2.24, 2.45) is 0 Å². The molecule has 3 heteroatoms. The van der Waals surface area contributed by atoms with Crippen LogP contribution in [0.15, 0.2) is 0 Å². The van der Waals surface area contributed by atoms with E-state index in [1.807, 2.05) is 6.92 Å². The van der Waals surface area contributed by atoms with Crippen LogP contribution in [-0.4, -0.2) is 11.7 Å². The van der Waals surface area contributed by atoms with Gasteiger partial charge in [-0.2, -0.15) is 9.78 Å². The Kier molecular flexibility index (Phi) is 1.44. The first kappa shape index (κ1) is 6.58. The SMILES string of the molecule is CC12CCCCC1OOO2. The summed E-state index contributed by atoms with van der Waals surface area (Å²) in [5.41, 5.74) is -0.155. The molecule has 0 spiro atoms. The van der Waals surface area contributed by atoms with Gasteiger partial charge in [0.05, 0.1) is 0 Å². The molecule has 0 bridgehead atoms. The van der Waals surface area contributed by atoms with Gasteiger partial charge in [-0.3, -0.25) is 0 Å². The van der Waals surface area contributed by atoms with Crippen LogP contribution in [0.25, 0.3) is 0 Å². The first-order valence-corrected chi connectivity index (χ1v) is 3.82. The standard InChI is InChI=1S/C7H12O3/c1-7-5-3-2-4-6(7)8-10-9-7/h6H,2-5H2,1H3. The zero-order valence-electron chi connectivity index (χ0n) is 6.13. The summed E-state index contributed by atoms with van der Waals surface area (Å²) in [5.74, 6) is 0. The van der Waals surface area contributed by atoms with Gasteiger partial charge in [0.15, 0.2) is 0 Å². The second-order valence-electron chi connectivity index (χ2n) is 3.29. The van der Waals surface area contributed by atoms with Gasteiger partial charge in [-0.25, -0.2) is 0 Å². The maximum Gasteiger partial charge on any atom is 0.133 e. The first-order chi connectivity index (χ1) is 4.81. The molecule has 10 heavy (non-hydrogen) atoms. The first-order valence-electron chi connectivity index (χ1n) is 3.82. The molecule has 0 aromatic rings. The molecule has 1 heterocycles. The monoisotopic (exact) mass is 144 g/mol. The Morgan fingerprint density at radius 1 is 1.40 bits per heavy atom. The van der Waals surface area contributed by atoms with Crippen molar-refractivity contribution in [2.45, 2.75) is 44.3 Å². The molecule has 0 aromatic heterocycles. The summed E-state index contributed by atoms with van der Waals surface area (Å²) >= 11 is 0. The van der Waals surface area contributed by atoms with Crippen molar-refractivity contribution >= 4 is 0 Å². The molecule has 1 saturated carbocycles. The van der Waals surface area contributed by atoms with Crippen LogP contribution in [0.5, 0.6) is 0 Å². The molecule has 2 fully saturated rings. The molecule has 2 aliphatic rings. The Balaban J connectivity index is 2.10. The van der Waals surface area contributed by atoms with Crippen LogP contribution in [0, 0.1) is 0 Å². The smallest absolute Gasteiger partial charge is 0.133 e. The molecule has 0 aromatic carbocycles. The topological polar surface area (TPSA) is 27.7 Å². The molecule has 0 radical (unpaired) electrons. The van der Waals surface area contributed by atoms with Gasteiger partial charge in [0.25, 0.3) is 0 Å². The summed E-state index contributed by atoms with van der Waals surface area (Å²) in [4.78, 5) is 9.96. The minimum Gasteiger partial charge on any atom is -0.200 e. The highest BCUT2D eigenvalue weighted by atomic mass is 17.5. The summed E-state index contributed by atoms with van der Waals surface area (Å²) in [6, 6.07) is 0. The van der Waals surface area contributed by atoms with E-state index in [0.29, 0.717) is 0 Å². The van der Waals surface area contributed by atoms with Crippen molar-refractivity contribution in [3.05, 3.63) is 0 Å². The van der Waals surface area contributed by atoms with Crippen LogP contribution in [-0.2, 0) is 14.8 Å². The van der Waals surface area contributed by atoms with E-state index in [9.17, 15) is 0 Å². The third-order valence-electron chi connectivity index (χ3n) is 2.45. The third kappa shape index (κ3) is 0.856. The van der Waals surface area contributed by atoms with Gasteiger partial charge in [-0.1, -0.05) is 17.9 Å². The lowest BCUT2D eigenvalue weighted by Gasteiger charge is -2.28. The fourth-order valence-electron chi connectivity index (χ4n) is 1.66. The van der Waals surface area contributed by atoms with Gasteiger partial charge in [0, 0.05) is 0 Å². The molecule has 2 rings (SSSR count). The third-order valence-corrected chi connectivity index (χ3v) is 2.45. The zero-order valence-corrected chi connectivity index (χ0v) is 6.13. The molecule has 58 valence electrons. The predicted octanol–water partition coefficient (Wildman–Crippen LogP) is 1.58. The van der Waals surface area contributed by atoms with Crippen molar-refractivity contribution in [1.29, 1.82) is 0 Å². The summed E-state index contributed by atoms with van der Waals surface area (Å²) < 4.78 is 0. The minimum atomic E-state index is -0.155. The highest BCUT2D eigenvalue weighted by Crippen LogP contribution is 2.37. The molecule has 3 nitrogen and oxygen atoms in total. The highest BCUT2D eigenvalue weighted by molar-refractivity contribution is 4.88. The molecular formula is C7H12O3. The lowest BCUT2D eigenvalue weighted by Crippen LogP contribution is -2.39. The fourth-order valence-corrected chi connectivity index (χ4v) is 1.66. The number of rotatable bonds is 0. The molecule has 0 N–H and O–H groups in total. The van der Waals surface area contributed by atoms with Crippen molar-refractivity contribution in [3.8, 4) is 0 Å². The predicted molar refractivity (Wildman–Crippen MR) is 33.9 cm³/mol. The highest BCUT2D eigenvalue weighted by Gasteiger charge is 2.45. The normalized spacial score (nSPS) is 47.1. The number of hydrogen-bond acceptors (Lipinski definition) is 3. The second kappa shape index (κ2) is 2.19. The Morgan fingerprint density at radius 3 is 3.10 bits per heavy atom. The van der Waals surface area contributed by atoms with Crippen molar-refractivity contribution in [2.75, 3.05) is 0 Å². The average molecular weight is 144 g/mol. The lowest BCUT2D eigenvalue weighted by molar-refractivity contribution is -0.473. The van der Waals surface area contributed by atoms with Crippen LogP contribution >= 0.6 is 0 Å². The van der Waals surface area contributed by atoms with Gasteiger partial charge in [-0.15, -0.1) is 0 Å². The van der Waals surface area contributed by atoms with Crippen LogP contribution in [0.2, 0.25) is 0 Å². The van der Waals surface area contributed by atoms with Crippen LogP contribution in [0.3, 0.4) is 0 Å². The van der Waals surface area contributed by atoms with Crippen molar-refractivity contribution < 1.29 is 14.8 Å². The molecule has 2 atom stereocenters. The van der Waals surface area contributed by atoms with Gasteiger partial charge < -0.3 is 0 Å². The average Bonchev–Trinajstić information content (AvgIpc) is 2.29. The van der Waals surface area contributed by atoms with Gasteiger partial charge in [0.1, 0.15) is 11.7 Å². The molecule has 2 unspecified atom stereocenters. The maximum absolute atomic E-state index is 5.02. The van der Waals surface area contributed by atoms with E-state index in [2.05, 4.69) is 5.04 Å². The van der Waals surface area contributed by atoms with Crippen LogP contribution < -0.4 is 0 Å². The zero-order chi connectivity index (χ0) is 7.03. The van der Waals surface area contributed by atoms with E-state index in [4.69, 9.17) is 9.78 Å². The molecule has 1 aliphatic heterocycles. The lowest BCUT2D eigenvalue weighted by atomic mass is 9.84. The van der Waals surface area contributed by atoms with E-state index in [1.165, 1.54) is 12.8 Å². The maximum atomic E-state index is 5.02.